The first-order chi connectivity index (χ1) is 20.1. The maximum absolute atomic E-state index is 13.5. The first-order valence-electron chi connectivity index (χ1n) is 15.7. The molecule has 6 heteroatoms. The van der Waals surface area contributed by atoms with Gasteiger partial charge >= 0.3 is 5.97 Å². The molecule has 1 saturated heterocycles. The Labute approximate surface area is 249 Å². The number of rotatable bonds is 8. The summed E-state index contributed by atoms with van der Waals surface area (Å²) >= 11 is 0. The van der Waals surface area contributed by atoms with Crippen LogP contribution in [0.4, 0.5) is 0 Å². The smallest absolute Gasteiger partial charge is 0.308 e. The second kappa shape index (κ2) is 11.1. The molecule has 0 aromatic heterocycles. The molecule has 3 fully saturated rings. The van der Waals surface area contributed by atoms with E-state index in [1.807, 2.05) is 48.5 Å². The summed E-state index contributed by atoms with van der Waals surface area (Å²) in [6.07, 6.45) is 5.43. The molecule has 2 N–H and O–H groups in total. The average molecular weight is 570 g/mol. The minimum Gasteiger partial charge on any atom is -0.427 e. The molecule has 3 aromatic carbocycles. The Morgan fingerprint density at radius 3 is 2.52 bits per heavy atom. The van der Waals surface area contributed by atoms with Crippen molar-refractivity contribution in [3.05, 3.63) is 77.9 Å². The Morgan fingerprint density at radius 1 is 1.00 bits per heavy atom. The van der Waals surface area contributed by atoms with E-state index in [2.05, 4.69) is 31.3 Å². The first-order valence-corrected chi connectivity index (χ1v) is 15.7. The summed E-state index contributed by atoms with van der Waals surface area (Å²) in [7, 11) is 0. The van der Waals surface area contributed by atoms with E-state index in [1.165, 1.54) is 19.8 Å². The zero-order valence-corrected chi connectivity index (χ0v) is 25.3. The summed E-state index contributed by atoms with van der Waals surface area (Å²) in [6, 6.07) is 21.6. The van der Waals surface area contributed by atoms with Gasteiger partial charge in [-0.05, 0) is 72.7 Å². The number of carbonyl (C=O) groups excluding carboxylic acids is 2. The van der Waals surface area contributed by atoms with E-state index >= 15 is 0 Å². The number of aliphatic hydroxyl groups is 1. The Kier molecular flexibility index (Phi) is 7.65. The normalized spacial score (nSPS) is 29.2. The van der Waals surface area contributed by atoms with Gasteiger partial charge in [-0.25, -0.2) is 0 Å². The lowest BCUT2D eigenvalue weighted by Gasteiger charge is -2.61. The molecule has 3 aromatic rings. The van der Waals surface area contributed by atoms with E-state index in [0.29, 0.717) is 30.1 Å². The largest absolute Gasteiger partial charge is 0.427 e. The van der Waals surface area contributed by atoms with Gasteiger partial charge in [-0.3, -0.25) is 9.59 Å². The lowest BCUT2D eigenvalue weighted by Crippen LogP contribution is -2.73. The van der Waals surface area contributed by atoms with Crippen LogP contribution in [-0.4, -0.2) is 59.3 Å². The number of amides is 1. The van der Waals surface area contributed by atoms with Crippen molar-refractivity contribution < 1.29 is 23.9 Å². The van der Waals surface area contributed by atoms with Crippen LogP contribution < -0.4 is 10.1 Å². The standard InChI is InChI=1S/C36H44N2O4/c1-25(2)22-38(23-27-11-12-27)18-17-35(31-9-6-10-33(20-31)42-26(3)39)21-32(15-16-36(35,41)24-38)37-34(40)30-14-13-28-7-4-5-8-29(28)19-30/h4-10,13-14,19-20,25,27,32,41H,11-12,15-18,21-24H2,1-3H3/p+1/t32-,35+,36?,38-/m0/s1. The molecule has 0 radical (unpaired) electrons. The van der Waals surface area contributed by atoms with Crippen LogP contribution in [0.1, 0.15) is 75.2 Å². The molecule has 6 nitrogen and oxygen atoms in total. The number of hydrogen-bond acceptors (Lipinski definition) is 4. The molecule has 1 amide bonds. The van der Waals surface area contributed by atoms with E-state index in [1.54, 1.807) is 6.07 Å². The third-order valence-corrected chi connectivity index (χ3v) is 10.1. The number of fused-ring (bicyclic) bond motifs is 2. The fraction of sp³-hybridized carbons (Fsp3) is 0.500. The molecule has 6 rings (SSSR count). The zero-order valence-electron chi connectivity index (χ0n) is 25.3. The number of hydrogen-bond donors (Lipinski definition) is 2. The summed E-state index contributed by atoms with van der Waals surface area (Å²) in [6.45, 7) is 9.94. The third-order valence-electron chi connectivity index (χ3n) is 10.1. The Bertz CT molecular complexity index is 1480. The number of quaternary nitrogens is 1. The quantitative estimate of drug-likeness (QED) is 0.198. The molecule has 2 saturated carbocycles. The molecule has 1 unspecified atom stereocenters. The number of piperidine rings is 1. The van der Waals surface area contributed by atoms with Crippen LogP contribution in [0, 0.1) is 11.8 Å². The van der Waals surface area contributed by atoms with E-state index in [0.717, 1.165) is 65.8 Å². The Morgan fingerprint density at radius 2 is 1.79 bits per heavy atom. The highest BCUT2D eigenvalue weighted by molar-refractivity contribution is 5.98. The summed E-state index contributed by atoms with van der Waals surface area (Å²) in [5.41, 5.74) is 0.183. The van der Waals surface area contributed by atoms with Crippen LogP contribution in [0.3, 0.4) is 0 Å². The number of nitrogens with zero attached hydrogens (tertiary/aromatic N) is 1. The lowest BCUT2D eigenvalue weighted by atomic mass is 9.54. The average Bonchev–Trinajstić information content (AvgIpc) is 3.76. The van der Waals surface area contributed by atoms with E-state index in [4.69, 9.17) is 4.74 Å². The molecule has 0 bridgehead atoms. The number of esters is 1. The van der Waals surface area contributed by atoms with Crippen LogP contribution in [0.5, 0.6) is 5.75 Å². The minimum atomic E-state index is -0.923. The van der Waals surface area contributed by atoms with Gasteiger partial charge in [0.05, 0.1) is 19.6 Å². The number of carbonyl (C=O) groups is 2. The highest BCUT2D eigenvalue weighted by Gasteiger charge is 2.62. The van der Waals surface area contributed by atoms with Crippen molar-refractivity contribution in [3.8, 4) is 5.75 Å². The molecule has 222 valence electrons. The molecular weight excluding hydrogens is 524 g/mol. The second-order valence-corrected chi connectivity index (χ2v) is 13.9. The molecule has 42 heavy (non-hydrogen) atoms. The summed E-state index contributed by atoms with van der Waals surface area (Å²) in [5.74, 6) is 1.39. The van der Waals surface area contributed by atoms with Gasteiger partial charge in [-0.15, -0.1) is 0 Å². The van der Waals surface area contributed by atoms with Gasteiger partial charge in [0.25, 0.3) is 5.91 Å². The van der Waals surface area contributed by atoms with E-state index < -0.39 is 11.0 Å². The predicted molar refractivity (Wildman–Crippen MR) is 165 cm³/mol. The maximum Gasteiger partial charge on any atom is 0.308 e. The third kappa shape index (κ3) is 5.71. The van der Waals surface area contributed by atoms with Gasteiger partial charge in [0.15, 0.2) is 0 Å². The van der Waals surface area contributed by atoms with E-state index in [-0.39, 0.29) is 17.9 Å². The van der Waals surface area contributed by atoms with Crippen LogP contribution in [0.25, 0.3) is 10.8 Å². The van der Waals surface area contributed by atoms with Gasteiger partial charge in [-0.2, -0.15) is 0 Å². The van der Waals surface area contributed by atoms with Gasteiger partial charge in [0, 0.05) is 42.2 Å². The van der Waals surface area contributed by atoms with Gasteiger partial charge in [0.1, 0.15) is 17.9 Å². The van der Waals surface area contributed by atoms with Crippen LogP contribution in [0.15, 0.2) is 66.7 Å². The van der Waals surface area contributed by atoms with Gasteiger partial charge in [0.2, 0.25) is 0 Å². The van der Waals surface area contributed by atoms with Crippen molar-refractivity contribution in [1.82, 2.24) is 5.32 Å². The SMILES string of the molecule is CC(=O)Oc1cccc([C@]23CC[N@+](CC(C)C)(CC4CC4)CC2(O)CC[C@H](NC(=O)c2ccc4ccccc4c2)C3)c1. The number of benzene rings is 3. The monoisotopic (exact) mass is 569 g/mol. The zero-order chi connectivity index (χ0) is 29.5. The number of likely N-dealkylation sites (tertiary alicyclic amines) is 1. The van der Waals surface area contributed by atoms with Crippen molar-refractivity contribution in [2.75, 3.05) is 26.2 Å². The fourth-order valence-corrected chi connectivity index (χ4v) is 8.28. The highest BCUT2D eigenvalue weighted by atomic mass is 16.5. The first kappa shape index (κ1) is 28.9. The number of ether oxygens (including phenoxy) is 1. The Hall–Kier alpha value is -3.22. The Balaban J connectivity index is 1.32. The predicted octanol–water partition coefficient (Wildman–Crippen LogP) is 6.00. The van der Waals surface area contributed by atoms with Crippen LogP contribution in [-0.2, 0) is 10.2 Å². The summed E-state index contributed by atoms with van der Waals surface area (Å²) in [5, 5.41) is 18.3. The fourth-order valence-electron chi connectivity index (χ4n) is 8.28. The minimum absolute atomic E-state index is 0.0739. The second-order valence-electron chi connectivity index (χ2n) is 13.9. The molecule has 0 spiro atoms. The van der Waals surface area contributed by atoms with Crippen molar-refractivity contribution in [2.24, 2.45) is 11.8 Å². The number of nitrogens with one attached hydrogen (secondary N) is 1. The summed E-state index contributed by atoms with van der Waals surface area (Å²) < 4.78 is 6.47. The molecule has 1 aliphatic heterocycles. The van der Waals surface area contributed by atoms with Gasteiger partial charge in [-0.1, -0.05) is 56.3 Å². The van der Waals surface area contributed by atoms with Crippen molar-refractivity contribution >= 4 is 22.6 Å². The topological polar surface area (TPSA) is 75.6 Å². The van der Waals surface area contributed by atoms with Crippen LogP contribution in [0.2, 0.25) is 0 Å². The van der Waals surface area contributed by atoms with Gasteiger partial charge < -0.3 is 19.6 Å². The van der Waals surface area contributed by atoms with Crippen molar-refractivity contribution in [2.45, 2.75) is 76.4 Å². The van der Waals surface area contributed by atoms with Crippen LogP contribution >= 0.6 is 0 Å². The molecule has 2 aliphatic carbocycles. The summed E-state index contributed by atoms with van der Waals surface area (Å²) in [4.78, 5) is 25.3. The van der Waals surface area contributed by atoms with E-state index in [9.17, 15) is 14.7 Å². The molecule has 1 heterocycles. The molecular formula is C36H45N2O4+. The molecule has 4 atom stereocenters. The van der Waals surface area contributed by atoms with Crippen molar-refractivity contribution in [1.29, 1.82) is 0 Å². The maximum atomic E-state index is 13.5. The molecule has 3 aliphatic rings. The highest BCUT2D eigenvalue weighted by Crippen LogP contribution is 2.54. The lowest BCUT2D eigenvalue weighted by molar-refractivity contribution is -0.945. The van der Waals surface area contributed by atoms with Crippen molar-refractivity contribution in [3.63, 3.8) is 0 Å².